The van der Waals surface area contributed by atoms with Crippen LogP contribution in [0.15, 0.2) is 54.6 Å². The van der Waals surface area contributed by atoms with Gasteiger partial charge in [0.25, 0.3) is 0 Å². The number of carboxylic acid groups (broad SMARTS) is 1. The molecule has 0 aliphatic carbocycles. The molecule has 0 aromatic heterocycles. The second kappa shape index (κ2) is 10.2. The maximum atomic E-state index is 12.4. The van der Waals surface area contributed by atoms with Gasteiger partial charge in [-0.3, -0.25) is 9.59 Å². The Morgan fingerprint density at radius 1 is 1.07 bits per heavy atom. The second-order valence-electron chi connectivity index (χ2n) is 6.27. The van der Waals surface area contributed by atoms with Gasteiger partial charge in [0.2, 0.25) is 0 Å². The van der Waals surface area contributed by atoms with Crippen molar-refractivity contribution in [3.63, 3.8) is 0 Å². The van der Waals surface area contributed by atoms with Gasteiger partial charge in [0.1, 0.15) is 11.5 Å². The largest absolute Gasteiger partial charge is 0.494 e. The molecule has 27 heavy (non-hydrogen) atoms. The zero-order valence-electron chi connectivity index (χ0n) is 15.6. The second-order valence-corrected chi connectivity index (χ2v) is 6.27. The number of allylic oxidation sites excluding steroid dienone is 1. The fourth-order valence-corrected chi connectivity index (χ4v) is 2.37. The van der Waals surface area contributed by atoms with Crippen LogP contribution in [0.2, 0.25) is 0 Å². The molecule has 0 aliphatic heterocycles. The number of carbonyl (C=O) groups is 2. The number of ketones is 1. The van der Waals surface area contributed by atoms with Crippen LogP contribution in [0.1, 0.15) is 42.6 Å². The first-order chi connectivity index (χ1) is 13.0. The molecule has 2 rings (SSSR count). The van der Waals surface area contributed by atoms with Crippen molar-refractivity contribution in [2.24, 2.45) is 0 Å². The van der Waals surface area contributed by atoms with Crippen molar-refractivity contribution >= 4 is 17.8 Å². The molecule has 0 aliphatic rings. The lowest BCUT2D eigenvalue weighted by Gasteiger charge is -2.11. The standard InChI is InChI=1S/C22H24O5/c1-16(2)27-21-7-4-3-6-18(21)11-14-20(23)17-9-12-19(13-10-17)26-15-5-8-22(24)25/h3-4,6-7,9-14,16H,5,8,15H2,1-2H3,(H,24,25)/b14-11+. The van der Waals surface area contributed by atoms with Crippen LogP contribution in [0.4, 0.5) is 0 Å². The third-order valence-corrected chi connectivity index (χ3v) is 3.64. The topological polar surface area (TPSA) is 72.8 Å². The van der Waals surface area contributed by atoms with E-state index in [0.29, 0.717) is 24.3 Å². The molecule has 0 atom stereocenters. The van der Waals surface area contributed by atoms with Crippen LogP contribution in [0.25, 0.3) is 6.08 Å². The summed E-state index contributed by atoms with van der Waals surface area (Å²) in [6.07, 6.45) is 3.83. The first-order valence-corrected chi connectivity index (χ1v) is 8.88. The Morgan fingerprint density at radius 3 is 2.44 bits per heavy atom. The van der Waals surface area contributed by atoms with Gasteiger partial charge in [0, 0.05) is 17.5 Å². The molecule has 0 radical (unpaired) electrons. The molecular weight excluding hydrogens is 344 g/mol. The van der Waals surface area contributed by atoms with E-state index in [-0.39, 0.29) is 18.3 Å². The lowest BCUT2D eigenvalue weighted by atomic mass is 10.1. The minimum atomic E-state index is -0.841. The van der Waals surface area contributed by atoms with Crippen LogP contribution in [0, 0.1) is 0 Å². The molecule has 0 amide bonds. The predicted octanol–water partition coefficient (Wildman–Crippen LogP) is 4.61. The maximum absolute atomic E-state index is 12.4. The van der Waals surface area contributed by atoms with Crippen LogP contribution >= 0.6 is 0 Å². The van der Waals surface area contributed by atoms with Gasteiger partial charge in [-0.25, -0.2) is 0 Å². The predicted molar refractivity (Wildman–Crippen MR) is 104 cm³/mol. The Balaban J connectivity index is 1.96. The van der Waals surface area contributed by atoms with Crippen molar-refractivity contribution in [3.8, 4) is 11.5 Å². The van der Waals surface area contributed by atoms with Gasteiger partial charge < -0.3 is 14.6 Å². The molecule has 0 spiro atoms. The third kappa shape index (κ3) is 6.98. The third-order valence-electron chi connectivity index (χ3n) is 3.64. The average molecular weight is 368 g/mol. The van der Waals surface area contributed by atoms with Crippen molar-refractivity contribution in [2.75, 3.05) is 6.61 Å². The van der Waals surface area contributed by atoms with Gasteiger partial charge in [-0.15, -0.1) is 0 Å². The first kappa shape index (κ1) is 20.2. The van der Waals surface area contributed by atoms with Gasteiger partial charge in [-0.05, 0) is 62.8 Å². The van der Waals surface area contributed by atoms with Gasteiger partial charge in [0.15, 0.2) is 5.78 Å². The number of aliphatic carboxylic acids is 1. The number of ether oxygens (including phenoxy) is 2. The number of carbonyl (C=O) groups excluding carboxylic acids is 1. The van der Waals surface area contributed by atoms with Crippen molar-refractivity contribution in [1.82, 2.24) is 0 Å². The van der Waals surface area contributed by atoms with Crippen molar-refractivity contribution in [3.05, 3.63) is 65.7 Å². The Morgan fingerprint density at radius 2 is 1.78 bits per heavy atom. The highest BCUT2D eigenvalue weighted by atomic mass is 16.5. The number of para-hydroxylation sites is 1. The van der Waals surface area contributed by atoms with E-state index in [1.165, 1.54) is 6.08 Å². The van der Waals surface area contributed by atoms with Crippen LogP contribution in [0.3, 0.4) is 0 Å². The molecule has 5 nitrogen and oxygen atoms in total. The normalized spacial score (nSPS) is 10.9. The molecule has 0 saturated heterocycles. The number of rotatable bonds is 10. The minimum Gasteiger partial charge on any atom is -0.494 e. The highest BCUT2D eigenvalue weighted by Gasteiger charge is 2.05. The van der Waals surface area contributed by atoms with E-state index in [1.807, 2.05) is 38.1 Å². The average Bonchev–Trinajstić information content (AvgIpc) is 2.64. The summed E-state index contributed by atoms with van der Waals surface area (Å²) >= 11 is 0. The minimum absolute atomic E-state index is 0.0540. The lowest BCUT2D eigenvalue weighted by Crippen LogP contribution is -2.06. The van der Waals surface area contributed by atoms with Crippen molar-refractivity contribution in [1.29, 1.82) is 0 Å². The van der Waals surface area contributed by atoms with Crippen LogP contribution < -0.4 is 9.47 Å². The van der Waals surface area contributed by atoms with E-state index in [9.17, 15) is 9.59 Å². The quantitative estimate of drug-likeness (QED) is 0.376. The highest BCUT2D eigenvalue weighted by molar-refractivity contribution is 6.07. The molecular formula is C22H24O5. The van der Waals surface area contributed by atoms with Crippen molar-refractivity contribution in [2.45, 2.75) is 32.8 Å². The molecule has 1 N–H and O–H groups in total. The fourth-order valence-electron chi connectivity index (χ4n) is 2.37. The van der Waals surface area contributed by atoms with Crippen LogP contribution in [0.5, 0.6) is 11.5 Å². The summed E-state index contributed by atoms with van der Waals surface area (Å²) in [4.78, 5) is 22.8. The van der Waals surface area contributed by atoms with Gasteiger partial charge in [-0.1, -0.05) is 18.2 Å². The summed E-state index contributed by atoms with van der Waals surface area (Å²) in [7, 11) is 0. The monoisotopic (exact) mass is 368 g/mol. The number of hydrogen-bond acceptors (Lipinski definition) is 4. The molecule has 0 bridgehead atoms. The summed E-state index contributed by atoms with van der Waals surface area (Å²) in [5, 5.41) is 8.59. The number of carboxylic acids is 1. The van der Waals surface area contributed by atoms with Crippen LogP contribution in [-0.4, -0.2) is 29.6 Å². The molecule has 0 unspecified atom stereocenters. The Hall–Kier alpha value is -3.08. The molecule has 0 heterocycles. The molecule has 5 heteroatoms. The molecule has 142 valence electrons. The summed E-state index contributed by atoms with van der Waals surface area (Å²) in [5.74, 6) is 0.386. The zero-order valence-corrected chi connectivity index (χ0v) is 15.6. The summed E-state index contributed by atoms with van der Waals surface area (Å²) in [6.45, 7) is 4.24. The lowest BCUT2D eigenvalue weighted by molar-refractivity contribution is -0.137. The van der Waals surface area contributed by atoms with E-state index in [1.54, 1.807) is 30.3 Å². The first-order valence-electron chi connectivity index (χ1n) is 8.88. The summed E-state index contributed by atoms with van der Waals surface area (Å²) in [5.41, 5.74) is 1.39. The van der Waals surface area contributed by atoms with Gasteiger partial charge >= 0.3 is 5.97 Å². The Bertz CT molecular complexity index is 791. The van der Waals surface area contributed by atoms with E-state index < -0.39 is 5.97 Å². The van der Waals surface area contributed by atoms with Crippen LogP contribution in [-0.2, 0) is 4.79 Å². The molecule has 2 aromatic rings. The van der Waals surface area contributed by atoms with E-state index in [0.717, 1.165) is 11.3 Å². The smallest absolute Gasteiger partial charge is 0.303 e. The number of benzene rings is 2. The van der Waals surface area contributed by atoms with Gasteiger partial charge in [-0.2, -0.15) is 0 Å². The summed E-state index contributed by atoms with van der Waals surface area (Å²) < 4.78 is 11.2. The van der Waals surface area contributed by atoms with E-state index in [4.69, 9.17) is 14.6 Å². The van der Waals surface area contributed by atoms with Gasteiger partial charge in [0.05, 0.1) is 12.7 Å². The highest BCUT2D eigenvalue weighted by Crippen LogP contribution is 2.21. The van der Waals surface area contributed by atoms with Crippen molar-refractivity contribution < 1.29 is 24.2 Å². The van der Waals surface area contributed by atoms with E-state index in [2.05, 4.69) is 0 Å². The molecule has 0 fully saturated rings. The zero-order chi connectivity index (χ0) is 19.6. The van der Waals surface area contributed by atoms with E-state index >= 15 is 0 Å². The maximum Gasteiger partial charge on any atom is 0.303 e. The Kier molecular flexibility index (Phi) is 7.62. The molecule has 2 aromatic carbocycles. The number of hydrogen-bond donors (Lipinski definition) is 1. The molecule has 0 saturated carbocycles. The summed E-state index contributed by atoms with van der Waals surface area (Å²) in [6, 6.07) is 14.4. The fraction of sp³-hybridized carbons (Fsp3) is 0.273. The SMILES string of the molecule is CC(C)Oc1ccccc1/C=C/C(=O)c1ccc(OCCCC(=O)O)cc1. The Labute approximate surface area is 159 Å².